The third-order valence-corrected chi connectivity index (χ3v) is 7.66. The summed E-state index contributed by atoms with van der Waals surface area (Å²) in [5, 5.41) is 0. The number of benzene rings is 2. The number of aromatic nitrogens is 2. The first kappa shape index (κ1) is 24.3. The third-order valence-electron chi connectivity index (χ3n) is 7.20. The molecule has 3 aromatic rings. The monoisotopic (exact) mass is 532 g/mol. The highest BCUT2D eigenvalue weighted by Gasteiger charge is 2.24. The summed E-state index contributed by atoms with van der Waals surface area (Å²) in [5.41, 5.74) is 5.82. The fourth-order valence-corrected chi connectivity index (χ4v) is 5.90. The standard InChI is InChI=1S/C29H33BrN4O/c1-33-12-2-3-28(35)25-9-13-34(14-10-25)20-23-15-22(16-26(30)17-23)18-29-31-11-8-27(32-29)24-6-4-21(19-33)5-7-24/h4-8,11,15-17,25H,2-3,9-10,12-14,18-20H2,1H3. The fraction of sp³-hybridized carbons (Fsp3) is 0.414. The van der Waals surface area contributed by atoms with E-state index in [1.807, 2.05) is 12.3 Å². The van der Waals surface area contributed by atoms with E-state index in [0.717, 1.165) is 73.5 Å². The van der Waals surface area contributed by atoms with Crippen molar-refractivity contribution in [1.29, 1.82) is 0 Å². The number of carbonyl (C=O) groups is 1. The van der Waals surface area contributed by atoms with Crippen LogP contribution in [-0.2, 0) is 24.3 Å². The number of hydrogen-bond acceptors (Lipinski definition) is 5. The first-order valence-corrected chi connectivity index (χ1v) is 13.4. The first-order valence-electron chi connectivity index (χ1n) is 12.6. The van der Waals surface area contributed by atoms with Crippen LogP contribution in [-0.4, -0.2) is 52.2 Å². The quantitative estimate of drug-likeness (QED) is 0.382. The first-order chi connectivity index (χ1) is 17.0. The van der Waals surface area contributed by atoms with Crippen LogP contribution in [0.1, 0.15) is 48.2 Å². The molecule has 8 bridgehead atoms. The zero-order valence-electron chi connectivity index (χ0n) is 20.4. The Hall–Kier alpha value is -2.41. The van der Waals surface area contributed by atoms with Gasteiger partial charge in [-0.05, 0) is 80.8 Å². The van der Waals surface area contributed by atoms with Crippen molar-refractivity contribution in [2.45, 2.75) is 45.2 Å². The zero-order chi connectivity index (χ0) is 24.2. The number of halogens is 1. The molecule has 6 heteroatoms. The second kappa shape index (κ2) is 11.1. The van der Waals surface area contributed by atoms with Crippen LogP contribution in [0, 0.1) is 5.92 Å². The summed E-state index contributed by atoms with van der Waals surface area (Å²) < 4.78 is 1.08. The molecule has 1 fully saturated rings. The molecule has 35 heavy (non-hydrogen) atoms. The van der Waals surface area contributed by atoms with Crippen molar-refractivity contribution in [3.8, 4) is 11.3 Å². The lowest BCUT2D eigenvalue weighted by Gasteiger charge is -2.31. The van der Waals surface area contributed by atoms with Crippen molar-refractivity contribution in [2.75, 3.05) is 26.7 Å². The maximum Gasteiger partial charge on any atom is 0.136 e. The van der Waals surface area contributed by atoms with Gasteiger partial charge in [0.2, 0.25) is 0 Å². The Morgan fingerprint density at radius 2 is 1.69 bits per heavy atom. The second-order valence-electron chi connectivity index (χ2n) is 10.1. The molecule has 8 rings (SSSR count). The van der Waals surface area contributed by atoms with Gasteiger partial charge in [-0.2, -0.15) is 0 Å². The van der Waals surface area contributed by atoms with Crippen LogP contribution >= 0.6 is 15.9 Å². The van der Waals surface area contributed by atoms with Gasteiger partial charge in [0.05, 0.1) is 5.69 Å². The van der Waals surface area contributed by atoms with Crippen LogP contribution in [0.25, 0.3) is 11.3 Å². The molecular formula is C29H33BrN4O. The molecule has 5 nitrogen and oxygen atoms in total. The lowest BCUT2D eigenvalue weighted by atomic mass is 9.90. The summed E-state index contributed by atoms with van der Waals surface area (Å²) in [6.07, 6.45) is 6.13. The van der Waals surface area contributed by atoms with Crippen LogP contribution in [0.15, 0.2) is 59.2 Å². The molecule has 1 aromatic heterocycles. The number of Topliss-reactive ketones (excluding diaryl/α,β-unsaturated/α-hetero) is 1. The summed E-state index contributed by atoms with van der Waals surface area (Å²) in [5.74, 6) is 1.51. The second-order valence-corrected chi connectivity index (χ2v) is 11.0. The Labute approximate surface area is 216 Å². The van der Waals surface area contributed by atoms with E-state index >= 15 is 0 Å². The highest BCUT2D eigenvalue weighted by atomic mass is 79.9. The van der Waals surface area contributed by atoms with E-state index in [1.54, 1.807) is 0 Å². The molecule has 5 aliphatic rings. The summed E-state index contributed by atoms with van der Waals surface area (Å²) in [6, 6.07) is 17.3. The van der Waals surface area contributed by atoms with Gasteiger partial charge in [0.25, 0.3) is 0 Å². The molecule has 6 heterocycles. The molecule has 0 unspecified atom stereocenters. The summed E-state index contributed by atoms with van der Waals surface area (Å²) in [7, 11) is 2.14. The van der Waals surface area contributed by atoms with Gasteiger partial charge in [-0.25, -0.2) is 9.97 Å². The molecule has 0 saturated carbocycles. The van der Waals surface area contributed by atoms with Gasteiger partial charge in [-0.3, -0.25) is 9.69 Å². The minimum atomic E-state index is 0.226. The van der Waals surface area contributed by atoms with E-state index in [2.05, 4.69) is 80.2 Å². The van der Waals surface area contributed by atoms with Gasteiger partial charge in [-0.15, -0.1) is 0 Å². The Morgan fingerprint density at radius 3 is 2.49 bits per heavy atom. The Morgan fingerprint density at radius 1 is 0.914 bits per heavy atom. The third kappa shape index (κ3) is 6.43. The predicted molar refractivity (Wildman–Crippen MR) is 143 cm³/mol. The molecule has 0 aliphatic carbocycles. The lowest BCUT2D eigenvalue weighted by molar-refractivity contribution is -0.124. The maximum absolute atomic E-state index is 12.8. The highest BCUT2D eigenvalue weighted by molar-refractivity contribution is 9.10. The zero-order valence-corrected chi connectivity index (χ0v) is 22.0. The van der Waals surface area contributed by atoms with Crippen LogP contribution in [0.5, 0.6) is 0 Å². The number of piperidine rings is 1. The van der Waals surface area contributed by atoms with E-state index < -0.39 is 0 Å². The summed E-state index contributed by atoms with van der Waals surface area (Å²) >= 11 is 3.70. The average Bonchev–Trinajstić information content (AvgIpc) is 2.84. The van der Waals surface area contributed by atoms with E-state index in [9.17, 15) is 4.79 Å². The number of rotatable bonds is 0. The van der Waals surface area contributed by atoms with Crippen LogP contribution in [0.4, 0.5) is 0 Å². The molecule has 0 atom stereocenters. The van der Waals surface area contributed by atoms with Crippen molar-refractivity contribution in [1.82, 2.24) is 19.8 Å². The molecule has 182 valence electrons. The highest BCUT2D eigenvalue weighted by Crippen LogP contribution is 2.25. The molecule has 1 saturated heterocycles. The van der Waals surface area contributed by atoms with Gasteiger partial charge in [-0.1, -0.05) is 46.3 Å². The van der Waals surface area contributed by atoms with E-state index in [1.165, 1.54) is 16.7 Å². The van der Waals surface area contributed by atoms with Crippen molar-refractivity contribution in [3.05, 3.63) is 81.7 Å². The number of nitrogens with zero attached hydrogens (tertiary/aromatic N) is 4. The molecular weight excluding hydrogens is 500 g/mol. The van der Waals surface area contributed by atoms with Gasteiger partial charge in [0.15, 0.2) is 0 Å². The smallest absolute Gasteiger partial charge is 0.136 e. The van der Waals surface area contributed by atoms with Crippen molar-refractivity contribution < 1.29 is 4.79 Å². The topological polar surface area (TPSA) is 49.3 Å². The largest absolute Gasteiger partial charge is 0.302 e. The predicted octanol–water partition coefficient (Wildman–Crippen LogP) is 5.50. The normalized spacial score (nSPS) is 21.9. The van der Waals surface area contributed by atoms with Crippen LogP contribution < -0.4 is 0 Å². The van der Waals surface area contributed by atoms with Crippen LogP contribution in [0.3, 0.4) is 0 Å². The van der Waals surface area contributed by atoms with Crippen molar-refractivity contribution in [3.63, 3.8) is 0 Å². The Kier molecular flexibility index (Phi) is 7.71. The molecule has 0 amide bonds. The van der Waals surface area contributed by atoms with E-state index in [0.29, 0.717) is 18.6 Å². The lowest BCUT2D eigenvalue weighted by Crippen LogP contribution is -2.36. The van der Waals surface area contributed by atoms with E-state index in [4.69, 9.17) is 4.98 Å². The summed E-state index contributed by atoms with van der Waals surface area (Å²) in [4.78, 5) is 27.1. The molecule has 2 aromatic carbocycles. The van der Waals surface area contributed by atoms with Gasteiger partial charge < -0.3 is 4.90 Å². The average molecular weight is 534 g/mol. The van der Waals surface area contributed by atoms with E-state index in [-0.39, 0.29) is 5.92 Å². The minimum absolute atomic E-state index is 0.226. The van der Waals surface area contributed by atoms with Gasteiger partial charge in [0.1, 0.15) is 11.6 Å². The number of carbonyl (C=O) groups excluding carboxylic acids is 1. The molecule has 0 spiro atoms. The molecule has 0 N–H and O–H groups in total. The minimum Gasteiger partial charge on any atom is -0.302 e. The molecule has 0 radical (unpaired) electrons. The van der Waals surface area contributed by atoms with Gasteiger partial charge in [0, 0.05) is 48.1 Å². The SMILES string of the molecule is CN1CCCC(=O)C2CCN(CC2)Cc2cc(Br)cc(c2)Cc2nccc(n2)-c2ccc(cc2)C1. The van der Waals surface area contributed by atoms with Gasteiger partial charge >= 0.3 is 0 Å². The number of hydrogen-bond donors (Lipinski definition) is 0. The van der Waals surface area contributed by atoms with Crippen molar-refractivity contribution >= 4 is 21.7 Å². The fourth-order valence-electron chi connectivity index (χ4n) is 5.31. The summed E-state index contributed by atoms with van der Waals surface area (Å²) in [6.45, 7) is 4.70. The Balaban J connectivity index is 1.42. The maximum atomic E-state index is 12.8. The van der Waals surface area contributed by atoms with Crippen LogP contribution in [0.2, 0.25) is 0 Å². The number of ketones is 1. The molecule has 5 aliphatic heterocycles. The van der Waals surface area contributed by atoms with Crippen molar-refractivity contribution in [2.24, 2.45) is 5.92 Å². The Bertz CT molecular complexity index is 1170.